The van der Waals surface area contributed by atoms with Crippen LogP contribution in [0.3, 0.4) is 0 Å². The quantitative estimate of drug-likeness (QED) is 0.487. The molecular formula is C20H27BrN2O4. The zero-order valence-corrected chi connectivity index (χ0v) is 17.7. The van der Waals surface area contributed by atoms with Crippen molar-refractivity contribution < 1.29 is 18.8 Å². The molecule has 0 fully saturated rings. The summed E-state index contributed by atoms with van der Waals surface area (Å²) in [6, 6.07) is 5.36. The second kappa shape index (κ2) is 11.0. The molecule has 0 bridgehead atoms. The van der Waals surface area contributed by atoms with Crippen LogP contribution >= 0.6 is 15.9 Å². The lowest BCUT2D eigenvalue weighted by molar-refractivity contribution is 0.0947. The Morgan fingerprint density at radius 1 is 1.07 bits per heavy atom. The number of unbranched alkanes of at least 4 members (excludes halogenated alkanes) is 2. The van der Waals surface area contributed by atoms with Gasteiger partial charge >= 0.3 is 0 Å². The molecule has 0 aliphatic carbocycles. The fourth-order valence-corrected chi connectivity index (χ4v) is 2.83. The molecule has 0 radical (unpaired) electrons. The Hall–Kier alpha value is -2.02. The highest BCUT2D eigenvalue weighted by atomic mass is 79.9. The van der Waals surface area contributed by atoms with E-state index in [4.69, 9.17) is 14.0 Å². The smallest absolute Gasteiger partial charge is 0.273 e. The summed E-state index contributed by atoms with van der Waals surface area (Å²) < 4.78 is 18.0. The third kappa shape index (κ3) is 5.99. The molecule has 0 saturated heterocycles. The number of nitrogens with zero attached hydrogens (tertiary/aromatic N) is 1. The van der Waals surface area contributed by atoms with Crippen LogP contribution in [0, 0.1) is 0 Å². The van der Waals surface area contributed by atoms with Gasteiger partial charge in [-0.25, -0.2) is 0 Å². The van der Waals surface area contributed by atoms with E-state index in [0.29, 0.717) is 31.3 Å². The third-order valence-corrected chi connectivity index (χ3v) is 4.51. The van der Waals surface area contributed by atoms with Gasteiger partial charge in [0.1, 0.15) is 11.5 Å². The molecule has 2 rings (SSSR count). The molecule has 0 unspecified atom stereocenters. The highest BCUT2D eigenvalue weighted by molar-refractivity contribution is 9.10. The first-order valence-electron chi connectivity index (χ1n) is 9.45. The molecule has 7 heteroatoms. The van der Waals surface area contributed by atoms with Gasteiger partial charge in [-0.3, -0.25) is 4.79 Å². The summed E-state index contributed by atoms with van der Waals surface area (Å²) in [7, 11) is 0. The number of amides is 1. The van der Waals surface area contributed by atoms with Crippen molar-refractivity contribution in [1.29, 1.82) is 0 Å². The lowest BCUT2D eigenvalue weighted by Gasteiger charge is -2.14. The van der Waals surface area contributed by atoms with E-state index in [0.717, 1.165) is 41.5 Å². The fourth-order valence-electron chi connectivity index (χ4n) is 2.37. The summed E-state index contributed by atoms with van der Waals surface area (Å²) in [6.45, 7) is 7.86. The van der Waals surface area contributed by atoms with Gasteiger partial charge in [-0.05, 0) is 41.8 Å². The van der Waals surface area contributed by atoms with Gasteiger partial charge in [-0.2, -0.15) is 0 Å². The summed E-state index contributed by atoms with van der Waals surface area (Å²) in [5.74, 6) is 1.59. The molecule has 0 aliphatic heterocycles. The first-order valence-corrected chi connectivity index (χ1v) is 10.2. The van der Waals surface area contributed by atoms with Crippen LogP contribution in [0.25, 0.3) is 11.3 Å². The van der Waals surface area contributed by atoms with Gasteiger partial charge in [0.05, 0.1) is 23.2 Å². The Morgan fingerprint density at radius 2 is 1.74 bits per heavy atom. The van der Waals surface area contributed by atoms with Crippen molar-refractivity contribution in [2.24, 2.45) is 0 Å². The Balaban J connectivity index is 2.32. The topological polar surface area (TPSA) is 73.6 Å². The van der Waals surface area contributed by atoms with E-state index in [2.05, 4.69) is 40.3 Å². The average Bonchev–Trinajstić information content (AvgIpc) is 3.14. The number of hydrogen-bond acceptors (Lipinski definition) is 5. The maximum atomic E-state index is 12.0. The van der Waals surface area contributed by atoms with Crippen molar-refractivity contribution in [3.8, 4) is 22.8 Å². The largest absolute Gasteiger partial charge is 0.493 e. The standard InChI is InChI=1S/C20H27BrN2O4/c1-4-7-9-25-17-13-19(26-10-8-5-2)15(21)11-14(17)18-12-16(23-27-18)20(24)22-6-3/h11-13H,4-10H2,1-3H3,(H,22,24). The zero-order valence-electron chi connectivity index (χ0n) is 16.1. The van der Waals surface area contributed by atoms with Gasteiger partial charge in [-0.1, -0.05) is 31.8 Å². The maximum absolute atomic E-state index is 12.0. The molecule has 0 spiro atoms. The second-order valence-electron chi connectivity index (χ2n) is 6.12. The Morgan fingerprint density at radius 3 is 2.37 bits per heavy atom. The molecule has 0 atom stereocenters. The lowest BCUT2D eigenvalue weighted by Crippen LogP contribution is -2.22. The number of ether oxygens (including phenoxy) is 2. The molecule has 6 nitrogen and oxygen atoms in total. The maximum Gasteiger partial charge on any atom is 0.273 e. The first-order chi connectivity index (χ1) is 13.1. The molecule has 1 heterocycles. The summed E-state index contributed by atoms with van der Waals surface area (Å²) in [4.78, 5) is 12.0. The van der Waals surface area contributed by atoms with Gasteiger partial charge in [0.25, 0.3) is 5.91 Å². The van der Waals surface area contributed by atoms with Crippen LogP contribution < -0.4 is 14.8 Å². The van der Waals surface area contributed by atoms with E-state index >= 15 is 0 Å². The summed E-state index contributed by atoms with van der Waals surface area (Å²) in [6.07, 6.45) is 4.03. The van der Waals surface area contributed by atoms with E-state index in [-0.39, 0.29) is 11.6 Å². The number of aromatic nitrogens is 1. The number of benzene rings is 1. The molecule has 1 aromatic heterocycles. The van der Waals surface area contributed by atoms with Gasteiger partial charge in [0, 0.05) is 18.7 Å². The molecule has 1 aromatic carbocycles. The molecular weight excluding hydrogens is 412 g/mol. The van der Waals surface area contributed by atoms with Crippen LogP contribution in [-0.2, 0) is 0 Å². The van der Waals surface area contributed by atoms with Gasteiger partial charge in [0.2, 0.25) is 0 Å². The van der Waals surface area contributed by atoms with Crippen molar-refractivity contribution in [2.45, 2.75) is 46.5 Å². The van der Waals surface area contributed by atoms with E-state index in [9.17, 15) is 4.79 Å². The van der Waals surface area contributed by atoms with Crippen molar-refractivity contribution in [3.05, 3.63) is 28.4 Å². The molecule has 0 aliphatic rings. The number of hydrogen-bond donors (Lipinski definition) is 1. The van der Waals surface area contributed by atoms with Gasteiger partial charge < -0.3 is 19.3 Å². The summed E-state index contributed by atoms with van der Waals surface area (Å²) in [5.41, 5.74) is 0.967. The Labute approximate surface area is 168 Å². The highest BCUT2D eigenvalue weighted by Gasteiger charge is 2.19. The normalized spacial score (nSPS) is 10.7. The molecule has 1 amide bonds. The number of carbonyl (C=O) groups is 1. The SMILES string of the molecule is CCCCOc1cc(OCCCC)c(-c2cc(C(=O)NCC)no2)cc1Br. The van der Waals surface area contributed by atoms with Crippen LogP contribution in [0.1, 0.15) is 56.9 Å². The van der Waals surface area contributed by atoms with Gasteiger partial charge in [-0.15, -0.1) is 0 Å². The van der Waals surface area contributed by atoms with Crippen LogP contribution in [0.2, 0.25) is 0 Å². The molecule has 0 saturated carbocycles. The summed E-state index contributed by atoms with van der Waals surface area (Å²) >= 11 is 3.55. The van der Waals surface area contributed by atoms with Crippen molar-refractivity contribution in [3.63, 3.8) is 0 Å². The number of halogens is 1. The first kappa shape index (κ1) is 21.3. The predicted molar refractivity (Wildman–Crippen MR) is 108 cm³/mol. The van der Waals surface area contributed by atoms with E-state index < -0.39 is 0 Å². The lowest BCUT2D eigenvalue weighted by atomic mass is 10.1. The van der Waals surface area contributed by atoms with Crippen molar-refractivity contribution in [1.82, 2.24) is 10.5 Å². The predicted octanol–water partition coefficient (Wildman–Crippen LogP) is 5.21. The third-order valence-electron chi connectivity index (χ3n) is 3.89. The second-order valence-corrected chi connectivity index (χ2v) is 6.97. The number of nitrogens with one attached hydrogen (secondary N) is 1. The molecule has 2 aromatic rings. The van der Waals surface area contributed by atoms with E-state index in [1.54, 1.807) is 6.07 Å². The number of carbonyl (C=O) groups excluding carboxylic acids is 1. The van der Waals surface area contributed by atoms with E-state index in [1.807, 2.05) is 19.1 Å². The Kier molecular flexibility index (Phi) is 8.64. The summed E-state index contributed by atoms with van der Waals surface area (Å²) in [5, 5.41) is 6.58. The van der Waals surface area contributed by atoms with Crippen LogP contribution in [0.5, 0.6) is 11.5 Å². The fraction of sp³-hybridized carbons (Fsp3) is 0.500. The van der Waals surface area contributed by atoms with E-state index in [1.165, 1.54) is 0 Å². The van der Waals surface area contributed by atoms with Crippen LogP contribution in [-0.4, -0.2) is 30.8 Å². The minimum absolute atomic E-state index is 0.241. The molecule has 148 valence electrons. The molecule has 27 heavy (non-hydrogen) atoms. The monoisotopic (exact) mass is 438 g/mol. The van der Waals surface area contributed by atoms with Crippen molar-refractivity contribution >= 4 is 21.8 Å². The van der Waals surface area contributed by atoms with Gasteiger partial charge in [0.15, 0.2) is 11.5 Å². The number of rotatable bonds is 11. The molecule has 1 N–H and O–H groups in total. The minimum Gasteiger partial charge on any atom is -0.493 e. The zero-order chi connectivity index (χ0) is 19.6. The Bertz CT molecular complexity index is 746. The van der Waals surface area contributed by atoms with Crippen LogP contribution in [0.4, 0.5) is 0 Å². The van der Waals surface area contributed by atoms with Crippen molar-refractivity contribution in [2.75, 3.05) is 19.8 Å². The minimum atomic E-state index is -0.264. The highest BCUT2D eigenvalue weighted by Crippen LogP contribution is 2.39. The average molecular weight is 439 g/mol. The van der Waals surface area contributed by atoms with Crippen LogP contribution in [0.15, 0.2) is 27.2 Å².